The average Bonchev–Trinajstić information content (AvgIpc) is 3.17. The average molecular weight is 295 g/mol. The van der Waals surface area contributed by atoms with Crippen LogP contribution in [0.2, 0.25) is 0 Å². The van der Waals surface area contributed by atoms with Crippen LogP contribution >= 0.6 is 0 Å². The second-order valence-electron chi connectivity index (χ2n) is 5.51. The van der Waals surface area contributed by atoms with Crippen LogP contribution in [0.1, 0.15) is 18.9 Å². The molecule has 0 saturated carbocycles. The summed E-state index contributed by atoms with van der Waals surface area (Å²) in [5, 5.41) is 11.8. The molecule has 0 atom stereocenters. The van der Waals surface area contributed by atoms with Gasteiger partial charge in [-0.05, 0) is 32.1 Å². The lowest BCUT2D eigenvalue weighted by atomic mass is 10.1. The van der Waals surface area contributed by atoms with Crippen molar-refractivity contribution in [2.24, 2.45) is 0 Å². The molecule has 2 aromatic heterocycles. The molecule has 22 heavy (non-hydrogen) atoms. The SMILES string of the molecule is CCCN(C)Cc1c[nH]nc1-c1cnn(-c2ccccc2)c1. The Bertz CT molecular complexity index is 713. The second-order valence-corrected chi connectivity index (χ2v) is 5.51. The Morgan fingerprint density at radius 3 is 2.82 bits per heavy atom. The molecule has 5 nitrogen and oxygen atoms in total. The fourth-order valence-electron chi connectivity index (χ4n) is 2.60. The van der Waals surface area contributed by atoms with Gasteiger partial charge in [-0.2, -0.15) is 10.2 Å². The summed E-state index contributed by atoms with van der Waals surface area (Å²) in [7, 11) is 2.13. The molecule has 1 N–H and O–H groups in total. The van der Waals surface area contributed by atoms with Crippen LogP contribution < -0.4 is 0 Å². The van der Waals surface area contributed by atoms with E-state index in [0.717, 1.165) is 36.5 Å². The summed E-state index contributed by atoms with van der Waals surface area (Å²) in [6.07, 6.45) is 7.01. The lowest BCUT2D eigenvalue weighted by molar-refractivity contribution is 0.328. The number of nitrogens with zero attached hydrogens (tertiary/aromatic N) is 4. The van der Waals surface area contributed by atoms with Crippen molar-refractivity contribution in [3.8, 4) is 16.9 Å². The standard InChI is InChI=1S/C17H21N5/c1-3-9-21(2)12-14-10-18-20-17(14)15-11-19-22(13-15)16-7-5-4-6-8-16/h4-8,10-11,13H,3,9,12H2,1-2H3,(H,18,20). The Balaban J connectivity index is 1.84. The normalized spacial score (nSPS) is 11.2. The lowest BCUT2D eigenvalue weighted by Crippen LogP contribution is -2.18. The van der Waals surface area contributed by atoms with E-state index in [9.17, 15) is 0 Å². The zero-order valence-corrected chi connectivity index (χ0v) is 13.0. The predicted molar refractivity (Wildman–Crippen MR) is 87.8 cm³/mol. The third-order valence-corrected chi connectivity index (χ3v) is 3.64. The molecule has 0 radical (unpaired) electrons. The highest BCUT2D eigenvalue weighted by atomic mass is 15.3. The van der Waals surface area contributed by atoms with Crippen molar-refractivity contribution in [1.29, 1.82) is 0 Å². The Labute approximate surface area is 130 Å². The Hall–Kier alpha value is -2.40. The van der Waals surface area contributed by atoms with Crippen LogP contribution in [-0.4, -0.2) is 38.5 Å². The first-order chi connectivity index (χ1) is 10.8. The number of nitrogens with one attached hydrogen (secondary N) is 1. The molecule has 0 bridgehead atoms. The first-order valence-corrected chi connectivity index (χ1v) is 7.59. The van der Waals surface area contributed by atoms with E-state index in [2.05, 4.69) is 34.2 Å². The van der Waals surface area contributed by atoms with Crippen LogP contribution in [0.4, 0.5) is 0 Å². The fourth-order valence-corrected chi connectivity index (χ4v) is 2.60. The number of aromatic nitrogens is 4. The van der Waals surface area contributed by atoms with Gasteiger partial charge in [0.05, 0.1) is 17.6 Å². The van der Waals surface area contributed by atoms with Crippen LogP contribution in [-0.2, 0) is 6.54 Å². The van der Waals surface area contributed by atoms with Gasteiger partial charge in [-0.3, -0.25) is 5.10 Å². The summed E-state index contributed by atoms with van der Waals surface area (Å²) in [6.45, 7) is 4.15. The van der Waals surface area contributed by atoms with E-state index >= 15 is 0 Å². The smallest absolute Gasteiger partial charge is 0.0997 e. The number of hydrogen-bond acceptors (Lipinski definition) is 3. The van der Waals surface area contributed by atoms with Crippen molar-refractivity contribution in [2.75, 3.05) is 13.6 Å². The van der Waals surface area contributed by atoms with Gasteiger partial charge in [0.25, 0.3) is 0 Å². The van der Waals surface area contributed by atoms with Crippen LogP contribution in [0, 0.1) is 0 Å². The molecule has 0 spiro atoms. The quantitative estimate of drug-likeness (QED) is 0.760. The zero-order valence-electron chi connectivity index (χ0n) is 13.0. The third kappa shape index (κ3) is 3.09. The Kier molecular flexibility index (Phi) is 4.34. The van der Waals surface area contributed by atoms with Crippen LogP contribution in [0.25, 0.3) is 16.9 Å². The largest absolute Gasteiger partial charge is 0.302 e. The summed E-state index contributed by atoms with van der Waals surface area (Å²) in [5.41, 5.74) is 4.26. The molecule has 0 aliphatic heterocycles. The van der Waals surface area contributed by atoms with Crippen molar-refractivity contribution in [2.45, 2.75) is 19.9 Å². The molecule has 114 valence electrons. The van der Waals surface area contributed by atoms with Gasteiger partial charge in [-0.25, -0.2) is 4.68 Å². The topological polar surface area (TPSA) is 49.7 Å². The molecule has 0 aliphatic carbocycles. The van der Waals surface area contributed by atoms with E-state index in [0.29, 0.717) is 0 Å². The van der Waals surface area contributed by atoms with E-state index in [-0.39, 0.29) is 0 Å². The van der Waals surface area contributed by atoms with Crippen LogP contribution in [0.5, 0.6) is 0 Å². The van der Waals surface area contributed by atoms with Crippen molar-refractivity contribution in [3.05, 3.63) is 54.5 Å². The van der Waals surface area contributed by atoms with Crippen LogP contribution in [0.15, 0.2) is 48.9 Å². The summed E-state index contributed by atoms with van der Waals surface area (Å²) < 4.78 is 1.88. The maximum Gasteiger partial charge on any atom is 0.0997 e. The monoisotopic (exact) mass is 295 g/mol. The summed E-state index contributed by atoms with van der Waals surface area (Å²) >= 11 is 0. The first-order valence-electron chi connectivity index (χ1n) is 7.59. The van der Waals surface area contributed by atoms with E-state index in [4.69, 9.17) is 0 Å². The fraction of sp³-hybridized carbons (Fsp3) is 0.294. The van der Waals surface area contributed by atoms with Crippen LogP contribution in [0.3, 0.4) is 0 Å². The van der Waals surface area contributed by atoms with Crippen molar-refractivity contribution in [3.63, 3.8) is 0 Å². The highest BCUT2D eigenvalue weighted by Crippen LogP contribution is 2.22. The van der Waals surface area contributed by atoms with Gasteiger partial charge in [0, 0.05) is 30.1 Å². The van der Waals surface area contributed by atoms with E-state index < -0.39 is 0 Å². The van der Waals surface area contributed by atoms with Crippen molar-refractivity contribution >= 4 is 0 Å². The van der Waals surface area contributed by atoms with E-state index in [1.807, 2.05) is 53.6 Å². The Morgan fingerprint density at radius 2 is 2.05 bits per heavy atom. The molecule has 0 unspecified atom stereocenters. The summed E-state index contributed by atoms with van der Waals surface area (Å²) in [5.74, 6) is 0. The van der Waals surface area contributed by atoms with Crippen molar-refractivity contribution in [1.82, 2.24) is 24.9 Å². The van der Waals surface area contributed by atoms with E-state index in [1.165, 1.54) is 5.56 Å². The minimum Gasteiger partial charge on any atom is -0.302 e. The molecule has 2 heterocycles. The Morgan fingerprint density at radius 1 is 1.23 bits per heavy atom. The molecule has 0 fully saturated rings. The molecule has 1 aromatic carbocycles. The maximum absolute atomic E-state index is 4.45. The van der Waals surface area contributed by atoms with Crippen molar-refractivity contribution < 1.29 is 0 Å². The molecule has 0 saturated heterocycles. The van der Waals surface area contributed by atoms with Gasteiger partial charge in [-0.1, -0.05) is 25.1 Å². The van der Waals surface area contributed by atoms with Gasteiger partial charge < -0.3 is 4.90 Å². The number of para-hydroxylation sites is 1. The maximum atomic E-state index is 4.45. The summed E-state index contributed by atoms with van der Waals surface area (Å²) in [6, 6.07) is 10.1. The molecule has 5 heteroatoms. The molecular weight excluding hydrogens is 274 g/mol. The van der Waals surface area contributed by atoms with Gasteiger partial charge in [0.2, 0.25) is 0 Å². The van der Waals surface area contributed by atoms with Gasteiger partial charge in [0.15, 0.2) is 0 Å². The minimum atomic E-state index is 0.885. The molecular formula is C17H21N5. The number of benzene rings is 1. The molecule has 0 amide bonds. The number of rotatable bonds is 6. The molecule has 3 aromatic rings. The zero-order chi connectivity index (χ0) is 15.4. The van der Waals surface area contributed by atoms with Gasteiger partial charge in [0.1, 0.15) is 0 Å². The highest BCUT2D eigenvalue weighted by molar-refractivity contribution is 5.61. The number of aromatic amines is 1. The highest BCUT2D eigenvalue weighted by Gasteiger charge is 2.12. The minimum absolute atomic E-state index is 0.885. The van der Waals surface area contributed by atoms with Gasteiger partial charge >= 0.3 is 0 Å². The van der Waals surface area contributed by atoms with Gasteiger partial charge in [-0.15, -0.1) is 0 Å². The molecule has 0 aliphatic rings. The molecule has 3 rings (SSSR count). The number of hydrogen-bond donors (Lipinski definition) is 1. The van der Waals surface area contributed by atoms with E-state index in [1.54, 1.807) is 0 Å². The first kappa shape index (κ1) is 14.5. The summed E-state index contributed by atoms with van der Waals surface area (Å²) in [4.78, 5) is 2.30. The number of H-pyrrole nitrogens is 1. The lowest BCUT2D eigenvalue weighted by Gasteiger charge is -2.14. The second kappa shape index (κ2) is 6.58. The predicted octanol–water partition coefficient (Wildman–Crippen LogP) is 3.10. The third-order valence-electron chi connectivity index (χ3n) is 3.64.